The summed E-state index contributed by atoms with van der Waals surface area (Å²) in [5.74, 6) is 1.90. The van der Waals surface area contributed by atoms with Gasteiger partial charge in [0.05, 0.1) is 20.3 Å². The molecule has 0 aliphatic rings. The van der Waals surface area contributed by atoms with Gasteiger partial charge in [0.1, 0.15) is 0 Å². The van der Waals surface area contributed by atoms with E-state index in [0.29, 0.717) is 19.1 Å². The van der Waals surface area contributed by atoms with Crippen LogP contribution in [0.4, 0.5) is 0 Å². The van der Waals surface area contributed by atoms with Gasteiger partial charge in [-0.25, -0.2) is 4.99 Å². The minimum atomic E-state index is 0. The number of nitrogens with zero attached hydrogens (tertiary/aromatic N) is 1. The standard InChI is InChI=1S/C14H23N3O2.HI/c1-5-19-13-8-11(6-7-12(13)18-4)9-16-14(15)17-10(2)3;/h6-8,10H,5,9H2,1-4H3,(H3,15,16,17);1H. The van der Waals surface area contributed by atoms with Crippen LogP contribution in [0.15, 0.2) is 23.2 Å². The van der Waals surface area contributed by atoms with Gasteiger partial charge in [0.2, 0.25) is 0 Å². The molecule has 0 saturated carbocycles. The van der Waals surface area contributed by atoms with Gasteiger partial charge >= 0.3 is 0 Å². The van der Waals surface area contributed by atoms with Crippen molar-refractivity contribution in [3.63, 3.8) is 0 Å². The lowest BCUT2D eigenvalue weighted by molar-refractivity contribution is 0.310. The first-order chi connectivity index (χ1) is 9.06. The molecule has 0 aliphatic heterocycles. The number of hydrogen-bond acceptors (Lipinski definition) is 3. The lowest BCUT2D eigenvalue weighted by Gasteiger charge is -2.11. The number of hydrogen-bond donors (Lipinski definition) is 2. The SMILES string of the molecule is CCOc1cc(CN=C(N)NC(C)C)ccc1OC.I. The fraction of sp³-hybridized carbons (Fsp3) is 0.500. The molecule has 1 aromatic rings. The lowest BCUT2D eigenvalue weighted by Crippen LogP contribution is -2.36. The minimum absolute atomic E-state index is 0. The van der Waals surface area contributed by atoms with Crippen LogP contribution in [-0.4, -0.2) is 25.7 Å². The molecule has 0 aliphatic carbocycles. The molecule has 1 aromatic carbocycles. The maximum Gasteiger partial charge on any atom is 0.189 e. The van der Waals surface area contributed by atoms with E-state index in [1.54, 1.807) is 7.11 Å². The first kappa shape index (κ1) is 18.8. The second-order valence-corrected chi connectivity index (χ2v) is 4.42. The fourth-order valence-electron chi connectivity index (χ4n) is 1.61. The first-order valence-electron chi connectivity index (χ1n) is 6.43. The van der Waals surface area contributed by atoms with Gasteiger partial charge in [0.25, 0.3) is 0 Å². The van der Waals surface area contributed by atoms with Crippen molar-refractivity contribution in [2.24, 2.45) is 10.7 Å². The van der Waals surface area contributed by atoms with Crippen molar-refractivity contribution in [1.82, 2.24) is 5.32 Å². The molecule has 6 heteroatoms. The van der Waals surface area contributed by atoms with Gasteiger partial charge in [-0.3, -0.25) is 0 Å². The Bertz CT molecular complexity index is 436. The van der Waals surface area contributed by atoms with Gasteiger partial charge in [-0.1, -0.05) is 6.07 Å². The summed E-state index contributed by atoms with van der Waals surface area (Å²) in [5, 5.41) is 3.05. The Morgan fingerprint density at radius 3 is 2.60 bits per heavy atom. The molecule has 1 rings (SSSR count). The average molecular weight is 393 g/mol. The predicted octanol–water partition coefficient (Wildman–Crippen LogP) is 2.52. The molecule has 0 radical (unpaired) electrons. The number of methoxy groups -OCH3 is 1. The Morgan fingerprint density at radius 2 is 2.05 bits per heavy atom. The Balaban J connectivity index is 0.00000361. The first-order valence-corrected chi connectivity index (χ1v) is 6.43. The highest BCUT2D eigenvalue weighted by Crippen LogP contribution is 2.28. The van der Waals surface area contributed by atoms with Crippen LogP contribution in [-0.2, 0) is 6.54 Å². The van der Waals surface area contributed by atoms with Crippen molar-refractivity contribution in [2.75, 3.05) is 13.7 Å². The van der Waals surface area contributed by atoms with E-state index in [2.05, 4.69) is 10.3 Å². The smallest absolute Gasteiger partial charge is 0.189 e. The van der Waals surface area contributed by atoms with Gasteiger partial charge in [0.15, 0.2) is 17.5 Å². The number of halogens is 1. The molecule has 0 spiro atoms. The maximum absolute atomic E-state index is 5.76. The van der Waals surface area contributed by atoms with Crippen LogP contribution in [0.3, 0.4) is 0 Å². The van der Waals surface area contributed by atoms with Gasteiger partial charge in [0, 0.05) is 6.04 Å². The fourth-order valence-corrected chi connectivity index (χ4v) is 1.61. The summed E-state index contributed by atoms with van der Waals surface area (Å²) in [6.07, 6.45) is 0. The number of nitrogens with one attached hydrogen (secondary N) is 1. The van der Waals surface area contributed by atoms with Crippen LogP contribution in [0.1, 0.15) is 26.3 Å². The van der Waals surface area contributed by atoms with Crippen molar-refractivity contribution in [2.45, 2.75) is 33.4 Å². The van der Waals surface area contributed by atoms with E-state index >= 15 is 0 Å². The molecule has 0 fully saturated rings. The van der Waals surface area contributed by atoms with Crippen molar-refractivity contribution in [3.8, 4) is 11.5 Å². The number of rotatable bonds is 6. The van der Waals surface area contributed by atoms with Crippen molar-refractivity contribution in [3.05, 3.63) is 23.8 Å². The third kappa shape index (κ3) is 6.31. The molecule has 0 atom stereocenters. The molecule has 20 heavy (non-hydrogen) atoms. The molecule has 114 valence electrons. The van der Waals surface area contributed by atoms with Crippen LogP contribution < -0.4 is 20.5 Å². The summed E-state index contributed by atoms with van der Waals surface area (Å²) < 4.78 is 10.8. The van der Waals surface area contributed by atoms with Gasteiger partial charge in [-0.2, -0.15) is 0 Å². The van der Waals surface area contributed by atoms with E-state index in [4.69, 9.17) is 15.2 Å². The molecule has 0 heterocycles. The van der Waals surface area contributed by atoms with E-state index < -0.39 is 0 Å². The second-order valence-electron chi connectivity index (χ2n) is 4.42. The van der Waals surface area contributed by atoms with Crippen molar-refractivity contribution < 1.29 is 9.47 Å². The molecular weight excluding hydrogens is 369 g/mol. The Hall–Kier alpha value is -1.18. The summed E-state index contributed by atoms with van der Waals surface area (Å²) in [7, 11) is 1.63. The molecule has 3 N–H and O–H groups in total. The third-order valence-corrected chi connectivity index (χ3v) is 2.40. The number of aliphatic imine (C=N–C) groups is 1. The predicted molar refractivity (Wildman–Crippen MR) is 93.2 cm³/mol. The van der Waals surface area contributed by atoms with Crippen LogP contribution in [0, 0.1) is 0 Å². The number of guanidine groups is 1. The summed E-state index contributed by atoms with van der Waals surface area (Å²) in [5.41, 5.74) is 6.78. The van der Waals surface area contributed by atoms with E-state index in [1.165, 1.54) is 0 Å². The zero-order valence-electron chi connectivity index (χ0n) is 12.5. The molecule has 0 bridgehead atoms. The Kier molecular flexibility index (Phi) is 9.11. The third-order valence-electron chi connectivity index (χ3n) is 2.40. The number of nitrogens with two attached hydrogens (primary N) is 1. The normalized spacial score (nSPS) is 10.9. The second kappa shape index (κ2) is 9.68. The minimum Gasteiger partial charge on any atom is -0.493 e. The van der Waals surface area contributed by atoms with E-state index in [1.807, 2.05) is 39.0 Å². The molecular formula is C14H24IN3O2. The van der Waals surface area contributed by atoms with Crippen LogP contribution in [0.2, 0.25) is 0 Å². The molecule has 0 saturated heterocycles. The Morgan fingerprint density at radius 1 is 1.35 bits per heavy atom. The highest BCUT2D eigenvalue weighted by Gasteiger charge is 2.05. The largest absolute Gasteiger partial charge is 0.493 e. The maximum atomic E-state index is 5.76. The summed E-state index contributed by atoms with van der Waals surface area (Å²) in [6, 6.07) is 6.03. The quantitative estimate of drug-likeness (QED) is 0.443. The van der Waals surface area contributed by atoms with Gasteiger partial charge < -0.3 is 20.5 Å². The zero-order valence-corrected chi connectivity index (χ0v) is 14.8. The lowest BCUT2D eigenvalue weighted by atomic mass is 10.2. The van der Waals surface area contributed by atoms with E-state index in [0.717, 1.165) is 17.1 Å². The van der Waals surface area contributed by atoms with Crippen molar-refractivity contribution in [1.29, 1.82) is 0 Å². The highest BCUT2D eigenvalue weighted by atomic mass is 127. The molecule has 0 aromatic heterocycles. The van der Waals surface area contributed by atoms with E-state index in [-0.39, 0.29) is 30.0 Å². The Labute approximate surface area is 138 Å². The molecule has 5 nitrogen and oxygen atoms in total. The van der Waals surface area contributed by atoms with Crippen LogP contribution in [0.5, 0.6) is 11.5 Å². The monoisotopic (exact) mass is 393 g/mol. The number of ether oxygens (including phenoxy) is 2. The summed E-state index contributed by atoms with van der Waals surface area (Å²) in [4.78, 5) is 4.28. The van der Waals surface area contributed by atoms with Gasteiger partial charge in [-0.15, -0.1) is 24.0 Å². The zero-order chi connectivity index (χ0) is 14.3. The van der Waals surface area contributed by atoms with Crippen LogP contribution in [0.25, 0.3) is 0 Å². The van der Waals surface area contributed by atoms with E-state index in [9.17, 15) is 0 Å². The molecule has 0 unspecified atom stereocenters. The summed E-state index contributed by atoms with van der Waals surface area (Å²) >= 11 is 0. The summed E-state index contributed by atoms with van der Waals surface area (Å²) in [6.45, 7) is 7.08. The van der Waals surface area contributed by atoms with Crippen LogP contribution >= 0.6 is 24.0 Å². The number of benzene rings is 1. The van der Waals surface area contributed by atoms with Crippen molar-refractivity contribution >= 4 is 29.9 Å². The topological polar surface area (TPSA) is 68.9 Å². The average Bonchev–Trinajstić information content (AvgIpc) is 2.36. The van der Waals surface area contributed by atoms with Gasteiger partial charge in [-0.05, 0) is 38.5 Å². The molecule has 0 amide bonds. The highest BCUT2D eigenvalue weighted by molar-refractivity contribution is 14.0.